The van der Waals surface area contributed by atoms with Crippen LogP contribution in [0.1, 0.15) is 30.7 Å². The SMILES string of the molecule is CCNC(=NCCC(O)c1ccccc1)NCCc1cn2ccccc2n1.I. The molecule has 2 aromatic heterocycles. The van der Waals surface area contributed by atoms with E-state index >= 15 is 0 Å². The van der Waals surface area contributed by atoms with Gasteiger partial charge in [-0.2, -0.15) is 0 Å². The lowest BCUT2D eigenvalue weighted by molar-refractivity contribution is 0.170. The molecule has 0 radical (unpaired) electrons. The molecule has 28 heavy (non-hydrogen) atoms. The highest BCUT2D eigenvalue weighted by Crippen LogP contribution is 2.15. The summed E-state index contributed by atoms with van der Waals surface area (Å²) in [7, 11) is 0. The highest BCUT2D eigenvalue weighted by Gasteiger charge is 2.06. The van der Waals surface area contributed by atoms with Crippen molar-refractivity contribution in [2.24, 2.45) is 4.99 Å². The van der Waals surface area contributed by atoms with Gasteiger partial charge in [0.1, 0.15) is 5.65 Å². The summed E-state index contributed by atoms with van der Waals surface area (Å²) in [4.78, 5) is 9.17. The molecule has 1 aromatic carbocycles. The Bertz CT molecular complexity index is 832. The number of rotatable bonds is 8. The number of aliphatic hydroxyl groups is 1. The van der Waals surface area contributed by atoms with Gasteiger partial charge in [-0.3, -0.25) is 4.99 Å². The highest BCUT2D eigenvalue weighted by atomic mass is 127. The van der Waals surface area contributed by atoms with Crippen LogP contribution in [0, 0.1) is 0 Å². The monoisotopic (exact) mass is 493 g/mol. The predicted molar refractivity (Wildman–Crippen MR) is 124 cm³/mol. The van der Waals surface area contributed by atoms with Gasteiger partial charge < -0.3 is 20.1 Å². The van der Waals surface area contributed by atoms with Crippen molar-refractivity contribution in [3.8, 4) is 0 Å². The lowest BCUT2D eigenvalue weighted by Crippen LogP contribution is -2.38. The summed E-state index contributed by atoms with van der Waals surface area (Å²) >= 11 is 0. The average molecular weight is 493 g/mol. The zero-order valence-electron chi connectivity index (χ0n) is 16.1. The second-order valence-electron chi connectivity index (χ2n) is 6.35. The molecule has 0 spiro atoms. The van der Waals surface area contributed by atoms with E-state index in [1.165, 1.54) is 0 Å². The van der Waals surface area contributed by atoms with Gasteiger partial charge >= 0.3 is 0 Å². The van der Waals surface area contributed by atoms with Crippen LogP contribution in [0.5, 0.6) is 0 Å². The van der Waals surface area contributed by atoms with Gasteiger partial charge in [0.15, 0.2) is 5.96 Å². The molecule has 0 saturated heterocycles. The van der Waals surface area contributed by atoms with Crippen molar-refractivity contribution in [3.05, 3.63) is 72.2 Å². The Morgan fingerprint density at radius 1 is 1.14 bits per heavy atom. The molecule has 1 atom stereocenters. The van der Waals surface area contributed by atoms with E-state index in [2.05, 4.69) is 26.8 Å². The summed E-state index contributed by atoms with van der Waals surface area (Å²) in [5, 5.41) is 16.8. The second kappa shape index (κ2) is 11.7. The van der Waals surface area contributed by atoms with E-state index in [9.17, 15) is 5.11 Å². The van der Waals surface area contributed by atoms with Crippen LogP contribution in [0.4, 0.5) is 0 Å². The van der Waals surface area contributed by atoms with E-state index in [1.54, 1.807) is 0 Å². The number of imidazole rings is 1. The Balaban J connectivity index is 0.00000280. The Hall–Kier alpha value is -2.13. The van der Waals surface area contributed by atoms with Crippen LogP contribution in [0.15, 0.2) is 65.9 Å². The Morgan fingerprint density at radius 2 is 1.93 bits per heavy atom. The maximum atomic E-state index is 10.2. The molecule has 7 heteroatoms. The summed E-state index contributed by atoms with van der Waals surface area (Å²) in [5.74, 6) is 0.765. The van der Waals surface area contributed by atoms with E-state index in [4.69, 9.17) is 0 Å². The first-order valence-corrected chi connectivity index (χ1v) is 9.44. The van der Waals surface area contributed by atoms with Gasteiger partial charge in [-0.25, -0.2) is 4.98 Å². The normalized spacial score (nSPS) is 12.4. The van der Waals surface area contributed by atoms with Crippen LogP contribution < -0.4 is 10.6 Å². The fourth-order valence-electron chi connectivity index (χ4n) is 2.90. The molecule has 3 rings (SSSR count). The van der Waals surface area contributed by atoms with E-state index in [-0.39, 0.29) is 24.0 Å². The third kappa shape index (κ3) is 6.49. The average Bonchev–Trinajstić information content (AvgIpc) is 3.11. The molecule has 3 N–H and O–H groups in total. The minimum Gasteiger partial charge on any atom is -0.388 e. The third-order valence-electron chi connectivity index (χ3n) is 4.29. The van der Waals surface area contributed by atoms with Gasteiger partial charge in [-0.15, -0.1) is 24.0 Å². The van der Waals surface area contributed by atoms with Crippen molar-refractivity contribution < 1.29 is 5.11 Å². The Kier molecular flexibility index (Phi) is 9.22. The van der Waals surface area contributed by atoms with Gasteiger partial charge in [0, 0.05) is 38.4 Å². The van der Waals surface area contributed by atoms with Crippen LogP contribution in [0.3, 0.4) is 0 Å². The van der Waals surface area contributed by atoms with Crippen molar-refractivity contribution in [3.63, 3.8) is 0 Å². The summed E-state index contributed by atoms with van der Waals surface area (Å²) in [6, 6.07) is 15.7. The largest absolute Gasteiger partial charge is 0.388 e. The summed E-state index contributed by atoms with van der Waals surface area (Å²) in [5.41, 5.74) is 2.93. The molecular weight excluding hydrogens is 465 g/mol. The van der Waals surface area contributed by atoms with Crippen LogP contribution >= 0.6 is 24.0 Å². The first kappa shape index (κ1) is 22.2. The molecular formula is C21H28IN5O. The van der Waals surface area contributed by atoms with Gasteiger partial charge in [-0.1, -0.05) is 36.4 Å². The summed E-state index contributed by atoms with van der Waals surface area (Å²) < 4.78 is 2.03. The smallest absolute Gasteiger partial charge is 0.191 e. The number of nitrogens with zero attached hydrogens (tertiary/aromatic N) is 3. The minimum atomic E-state index is -0.490. The third-order valence-corrected chi connectivity index (χ3v) is 4.29. The Labute approximate surface area is 183 Å². The number of hydrogen-bond acceptors (Lipinski definition) is 3. The van der Waals surface area contributed by atoms with Crippen LogP contribution in [-0.4, -0.2) is 40.1 Å². The number of nitrogens with one attached hydrogen (secondary N) is 2. The van der Waals surface area contributed by atoms with E-state index < -0.39 is 6.10 Å². The molecule has 6 nitrogen and oxygen atoms in total. The number of benzene rings is 1. The fraction of sp³-hybridized carbons (Fsp3) is 0.333. The number of aliphatic imine (C=N–C) groups is 1. The quantitative estimate of drug-likeness (QED) is 0.256. The molecule has 0 amide bonds. The van der Waals surface area contributed by atoms with Crippen molar-refractivity contribution in [2.45, 2.75) is 25.9 Å². The number of pyridine rings is 1. The lowest BCUT2D eigenvalue weighted by Gasteiger charge is -2.12. The lowest BCUT2D eigenvalue weighted by atomic mass is 10.1. The molecule has 1 unspecified atom stereocenters. The second-order valence-corrected chi connectivity index (χ2v) is 6.35. The molecule has 0 fully saturated rings. The van der Waals surface area contributed by atoms with Crippen molar-refractivity contribution in [2.75, 3.05) is 19.6 Å². The number of fused-ring (bicyclic) bond motifs is 1. The van der Waals surface area contributed by atoms with E-state index in [1.807, 2.05) is 66.1 Å². The van der Waals surface area contributed by atoms with Gasteiger partial charge in [0.05, 0.1) is 11.8 Å². The fourth-order valence-corrected chi connectivity index (χ4v) is 2.90. The molecule has 0 aliphatic heterocycles. The van der Waals surface area contributed by atoms with Crippen molar-refractivity contribution in [1.82, 2.24) is 20.0 Å². The van der Waals surface area contributed by atoms with Gasteiger partial charge in [-0.05, 0) is 31.0 Å². The summed E-state index contributed by atoms with van der Waals surface area (Å²) in [6.45, 7) is 4.14. The molecule has 0 aliphatic carbocycles. The highest BCUT2D eigenvalue weighted by molar-refractivity contribution is 14.0. The topological polar surface area (TPSA) is 74.0 Å². The zero-order valence-corrected chi connectivity index (χ0v) is 18.4. The predicted octanol–water partition coefficient (Wildman–Crippen LogP) is 3.17. The first-order valence-electron chi connectivity index (χ1n) is 9.44. The molecule has 150 valence electrons. The standard InChI is InChI=1S/C21H27N5O.HI/c1-2-22-21(24-14-12-19(27)17-8-4-3-5-9-17)23-13-11-18-16-26-15-7-6-10-20(26)25-18;/h3-10,15-16,19,27H,2,11-14H2,1H3,(H2,22,23,24);1H. The van der Waals surface area contributed by atoms with Crippen molar-refractivity contribution >= 4 is 35.6 Å². The van der Waals surface area contributed by atoms with Crippen LogP contribution in [0.25, 0.3) is 5.65 Å². The Morgan fingerprint density at radius 3 is 2.68 bits per heavy atom. The van der Waals surface area contributed by atoms with E-state index in [0.29, 0.717) is 13.0 Å². The number of aliphatic hydroxyl groups excluding tert-OH is 1. The number of aromatic nitrogens is 2. The summed E-state index contributed by atoms with van der Waals surface area (Å²) in [6.07, 6.45) is 4.97. The number of halogens is 1. The number of hydrogen-bond donors (Lipinski definition) is 3. The zero-order chi connectivity index (χ0) is 18.9. The van der Waals surface area contributed by atoms with Crippen molar-refractivity contribution in [1.29, 1.82) is 0 Å². The van der Waals surface area contributed by atoms with E-state index in [0.717, 1.165) is 42.4 Å². The van der Waals surface area contributed by atoms with Crippen LogP contribution in [-0.2, 0) is 6.42 Å². The minimum absolute atomic E-state index is 0. The molecule has 2 heterocycles. The molecule has 0 bridgehead atoms. The van der Waals surface area contributed by atoms with Gasteiger partial charge in [0.2, 0.25) is 0 Å². The maximum Gasteiger partial charge on any atom is 0.191 e. The molecule has 3 aromatic rings. The maximum absolute atomic E-state index is 10.2. The van der Waals surface area contributed by atoms with Crippen LogP contribution in [0.2, 0.25) is 0 Å². The molecule has 0 aliphatic rings. The van der Waals surface area contributed by atoms with Gasteiger partial charge in [0.25, 0.3) is 0 Å². The molecule has 0 saturated carbocycles. The first-order chi connectivity index (χ1) is 13.3. The number of guanidine groups is 1.